The zero-order chi connectivity index (χ0) is 8.81. The fourth-order valence-electron chi connectivity index (χ4n) is 1.20. The Morgan fingerprint density at radius 2 is 1.92 bits per heavy atom. The summed E-state index contributed by atoms with van der Waals surface area (Å²) in [6.07, 6.45) is 3.28. The molecule has 0 heterocycles. The van der Waals surface area contributed by atoms with Crippen molar-refractivity contribution in [3.05, 3.63) is 35.9 Å². The van der Waals surface area contributed by atoms with Crippen LogP contribution in [-0.4, -0.2) is 6.04 Å². The molecule has 0 aliphatic rings. The van der Waals surface area contributed by atoms with E-state index in [2.05, 4.69) is 31.2 Å². The second-order valence-electron chi connectivity index (χ2n) is 3.19. The minimum Gasteiger partial charge on any atom is -0.328 e. The summed E-state index contributed by atoms with van der Waals surface area (Å²) >= 11 is 0. The highest BCUT2D eigenvalue weighted by Gasteiger charge is 1.98. The van der Waals surface area contributed by atoms with Crippen LogP contribution in [0.3, 0.4) is 0 Å². The van der Waals surface area contributed by atoms with Gasteiger partial charge in [-0.25, -0.2) is 0 Å². The smallest absolute Gasteiger partial charge is 0.00393 e. The van der Waals surface area contributed by atoms with Gasteiger partial charge in [-0.2, -0.15) is 0 Å². The average molecular weight is 163 g/mol. The number of nitrogens with two attached hydrogens (primary N) is 1. The summed E-state index contributed by atoms with van der Waals surface area (Å²) in [5, 5.41) is 0. The summed E-state index contributed by atoms with van der Waals surface area (Å²) in [5.41, 5.74) is 7.21. The Labute approximate surface area is 74.6 Å². The Kier molecular flexibility index (Phi) is 3.81. The predicted octanol–water partition coefficient (Wildman–Crippen LogP) is 2.36. The van der Waals surface area contributed by atoms with Crippen LogP contribution in [0.5, 0.6) is 0 Å². The number of aryl methyl sites for hydroxylation is 1. The Bertz CT molecular complexity index is 206. The van der Waals surface area contributed by atoms with E-state index < -0.39 is 0 Å². The number of hydrogen-bond donors (Lipinski definition) is 1. The summed E-state index contributed by atoms with van der Waals surface area (Å²) in [7, 11) is 0. The molecule has 0 amide bonds. The third-order valence-corrected chi connectivity index (χ3v) is 2.17. The summed E-state index contributed by atoms with van der Waals surface area (Å²) in [5.74, 6) is 0. The van der Waals surface area contributed by atoms with Gasteiger partial charge in [0.2, 0.25) is 0 Å². The first-order chi connectivity index (χ1) is 5.83. The normalized spacial score (nSPS) is 12.8. The zero-order valence-corrected chi connectivity index (χ0v) is 7.66. The highest BCUT2D eigenvalue weighted by Crippen LogP contribution is 2.04. The molecule has 1 nitrogen and oxygen atoms in total. The van der Waals surface area contributed by atoms with Gasteiger partial charge >= 0.3 is 0 Å². The average Bonchev–Trinajstić information content (AvgIpc) is 2.16. The molecule has 1 atom stereocenters. The van der Waals surface area contributed by atoms with E-state index in [-0.39, 0.29) is 0 Å². The van der Waals surface area contributed by atoms with Crippen molar-refractivity contribution in [2.75, 3.05) is 0 Å². The quantitative estimate of drug-likeness (QED) is 0.724. The van der Waals surface area contributed by atoms with Crippen LogP contribution in [0.4, 0.5) is 0 Å². The predicted molar refractivity (Wildman–Crippen MR) is 53.0 cm³/mol. The molecule has 0 aromatic heterocycles. The maximum atomic E-state index is 5.82. The molecule has 0 saturated carbocycles. The van der Waals surface area contributed by atoms with Crippen LogP contribution in [-0.2, 0) is 6.42 Å². The Balaban J connectivity index is 2.33. The van der Waals surface area contributed by atoms with Crippen LogP contribution >= 0.6 is 0 Å². The van der Waals surface area contributed by atoms with Crippen LogP contribution in [0.1, 0.15) is 25.3 Å². The van der Waals surface area contributed by atoms with E-state index in [0.29, 0.717) is 6.04 Å². The molecule has 0 saturated heterocycles. The maximum absolute atomic E-state index is 5.82. The van der Waals surface area contributed by atoms with Crippen molar-refractivity contribution in [3.8, 4) is 0 Å². The Morgan fingerprint density at radius 3 is 2.50 bits per heavy atom. The molecular weight excluding hydrogens is 146 g/mol. The van der Waals surface area contributed by atoms with E-state index in [1.807, 2.05) is 6.07 Å². The first-order valence-corrected chi connectivity index (χ1v) is 4.62. The summed E-state index contributed by atoms with van der Waals surface area (Å²) in [4.78, 5) is 0. The van der Waals surface area contributed by atoms with E-state index >= 15 is 0 Å². The zero-order valence-electron chi connectivity index (χ0n) is 7.66. The van der Waals surface area contributed by atoms with Gasteiger partial charge in [-0.05, 0) is 24.8 Å². The van der Waals surface area contributed by atoms with Crippen molar-refractivity contribution in [1.29, 1.82) is 0 Å². The second kappa shape index (κ2) is 4.94. The monoisotopic (exact) mass is 163 g/mol. The van der Waals surface area contributed by atoms with E-state index in [4.69, 9.17) is 5.73 Å². The fraction of sp³-hybridized carbons (Fsp3) is 0.455. The van der Waals surface area contributed by atoms with Gasteiger partial charge in [0.25, 0.3) is 0 Å². The highest BCUT2D eigenvalue weighted by molar-refractivity contribution is 5.14. The molecule has 1 aromatic carbocycles. The van der Waals surface area contributed by atoms with Crippen LogP contribution in [0.25, 0.3) is 0 Å². The Hall–Kier alpha value is -0.820. The standard InChI is InChI=1S/C11H17N/c1-2-11(12)9-8-10-6-4-3-5-7-10/h3-7,11H,2,8-9,12H2,1H3. The molecule has 0 radical (unpaired) electrons. The molecule has 0 bridgehead atoms. The van der Waals surface area contributed by atoms with Gasteiger partial charge in [0, 0.05) is 6.04 Å². The van der Waals surface area contributed by atoms with Crippen molar-refractivity contribution in [1.82, 2.24) is 0 Å². The van der Waals surface area contributed by atoms with Crippen LogP contribution in [0.2, 0.25) is 0 Å². The van der Waals surface area contributed by atoms with E-state index in [1.165, 1.54) is 5.56 Å². The summed E-state index contributed by atoms with van der Waals surface area (Å²) in [6, 6.07) is 10.9. The van der Waals surface area contributed by atoms with E-state index in [1.54, 1.807) is 0 Å². The molecule has 12 heavy (non-hydrogen) atoms. The Morgan fingerprint density at radius 1 is 1.25 bits per heavy atom. The van der Waals surface area contributed by atoms with Crippen molar-refractivity contribution in [2.45, 2.75) is 32.2 Å². The number of hydrogen-bond acceptors (Lipinski definition) is 1. The van der Waals surface area contributed by atoms with Crippen LogP contribution in [0, 0.1) is 0 Å². The largest absolute Gasteiger partial charge is 0.328 e. The molecule has 0 fully saturated rings. The van der Waals surface area contributed by atoms with Gasteiger partial charge < -0.3 is 5.73 Å². The lowest BCUT2D eigenvalue weighted by Gasteiger charge is -2.07. The van der Waals surface area contributed by atoms with E-state index in [0.717, 1.165) is 19.3 Å². The minimum absolute atomic E-state index is 0.366. The van der Waals surface area contributed by atoms with Gasteiger partial charge in [-0.3, -0.25) is 0 Å². The number of rotatable bonds is 4. The first kappa shape index (κ1) is 9.27. The molecule has 1 heteroatoms. The highest BCUT2D eigenvalue weighted by atomic mass is 14.6. The van der Waals surface area contributed by atoms with Gasteiger partial charge in [0.15, 0.2) is 0 Å². The molecule has 0 spiro atoms. The van der Waals surface area contributed by atoms with Crippen LogP contribution in [0.15, 0.2) is 30.3 Å². The van der Waals surface area contributed by atoms with Gasteiger partial charge in [-0.15, -0.1) is 0 Å². The third kappa shape index (κ3) is 3.05. The minimum atomic E-state index is 0.366. The number of benzene rings is 1. The van der Waals surface area contributed by atoms with Gasteiger partial charge in [0.1, 0.15) is 0 Å². The van der Waals surface area contributed by atoms with Gasteiger partial charge in [0.05, 0.1) is 0 Å². The van der Waals surface area contributed by atoms with Crippen molar-refractivity contribution < 1.29 is 0 Å². The lowest BCUT2D eigenvalue weighted by atomic mass is 10.0. The fourth-order valence-corrected chi connectivity index (χ4v) is 1.20. The molecule has 1 rings (SSSR count). The molecule has 2 N–H and O–H groups in total. The molecule has 1 unspecified atom stereocenters. The molecule has 1 aromatic rings. The summed E-state index contributed by atoms with van der Waals surface area (Å²) < 4.78 is 0. The van der Waals surface area contributed by atoms with Crippen molar-refractivity contribution in [2.24, 2.45) is 5.73 Å². The van der Waals surface area contributed by atoms with Gasteiger partial charge in [-0.1, -0.05) is 37.3 Å². The van der Waals surface area contributed by atoms with Crippen LogP contribution < -0.4 is 5.73 Å². The van der Waals surface area contributed by atoms with E-state index in [9.17, 15) is 0 Å². The molecule has 0 aliphatic carbocycles. The topological polar surface area (TPSA) is 26.0 Å². The molecule has 66 valence electrons. The lowest BCUT2D eigenvalue weighted by Crippen LogP contribution is -2.18. The lowest BCUT2D eigenvalue weighted by molar-refractivity contribution is 0.596. The molecule has 0 aliphatic heterocycles. The van der Waals surface area contributed by atoms with Crippen molar-refractivity contribution >= 4 is 0 Å². The third-order valence-electron chi connectivity index (χ3n) is 2.17. The SMILES string of the molecule is CCC(N)CCc1ccccc1. The maximum Gasteiger partial charge on any atom is 0.00393 e. The second-order valence-corrected chi connectivity index (χ2v) is 3.19. The first-order valence-electron chi connectivity index (χ1n) is 4.62. The summed E-state index contributed by atoms with van der Waals surface area (Å²) in [6.45, 7) is 2.13. The van der Waals surface area contributed by atoms with Crippen molar-refractivity contribution in [3.63, 3.8) is 0 Å². The molecular formula is C11H17N.